The molecule has 2 N–H and O–H groups in total. The van der Waals surface area contributed by atoms with Crippen LogP contribution < -0.4 is 0 Å². The van der Waals surface area contributed by atoms with E-state index in [9.17, 15) is 10.3 Å². The average Bonchev–Trinajstić information content (AvgIpc) is 2.73. The molecule has 1 aliphatic carbocycles. The van der Waals surface area contributed by atoms with Crippen LogP contribution in [0.25, 0.3) is 0 Å². The van der Waals surface area contributed by atoms with E-state index in [-0.39, 0.29) is 12.0 Å². The van der Waals surface area contributed by atoms with Crippen molar-refractivity contribution in [2.24, 2.45) is 5.92 Å². The Morgan fingerprint density at radius 2 is 2.33 bits per heavy atom. The largest absolute Gasteiger partial charge is 0.381 e. The van der Waals surface area contributed by atoms with Gasteiger partial charge in [-0.3, -0.25) is 0 Å². The Hall–Kier alpha value is -0.980. The number of aromatic nitrogens is 2. The van der Waals surface area contributed by atoms with Crippen molar-refractivity contribution in [2.75, 3.05) is 6.54 Å². The van der Waals surface area contributed by atoms with Crippen molar-refractivity contribution in [2.45, 2.75) is 31.4 Å². The van der Waals surface area contributed by atoms with Gasteiger partial charge in [0.05, 0.1) is 6.04 Å². The fourth-order valence-corrected chi connectivity index (χ4v) is 2.81. The third-order valence-corrected chi connectivity index (χ3v) is 3.67. The fraction of sp³-hybridized carbons (Fsp3) is 0.778. The van der Waals surface area contributed by atoms with Gasteiger partial charge in [0, 0.05) is 12.5 Å². The molecule has 3 rings (SSSR count). The summed E-state index contributed by atoms with van der Waals surface area (Å²) in [5.74, 6) is -0.0709. The third-order valence-electron chi connectivity index (χ3n) is 3.67. The topological polar surface area (TPSA) is 82.6 Å². The van der Waals surface area contributed by atoms with Gasteiger partial charge in [0.1, 0.15) is 17.0 Å². The standard InChI is InChI=1S/C9H13N3O3/c1-5-4-12(14)7-3-2-6-8(9(5,7)13)11-15-10-6/h5,7,13-14H,2-4H2,1H3/t5-,7-,9+/m1/s1. The minimum Gasteiger partial charge on any atom is -0.381 e. The molecular weight excluding hydrogens is 198 g/mol. The number of fused-ring (bicyclic) bond motifs is 3. The van der Waals surface area contributed by atoms with E-state index in [0.717, 1.165) is 5.69 Å². The molecule has 1 aromatic rings. The first kappa shape index (κ1) is 9.26. The molecule has 82 valence electrons. The molecule has 15 heavy (non-hydrogen) atoms. The summed E-state index contributed by atoms with van der Waals surface area (Å²) in [6.45, 7) is 2.35. The summed E-state index contributed by atoms with van der Waals surface area (Å²) in [5.41, 5.74) is 0.112. The number of rotatable bonds is 0. The molecule has 1 aliphatic heterocycles. The normalized spacial score (nSPS) is 40.2. The zero-order chi connectivity index (χ0) is 10.6. The molecule has 0 unspecified atom stereocenters. The SMILES string of the molecule is C[C@@H]1CN(O)[C@@H]2CCc3nonc3[C@]12O. The highest BCUT2D eigenvalue weighted by Gasteiger charge is 2.57. The lowest BCUT2D eigenvalue weighted by atomic mass is 9.76. The van der Waals surface area contributed by atoms with Crippen LogP contribution in [0.5, 0.6) is 0 Å². The number of aryl methyl sites for hydroxylation is 1. The van der Waals surface area contributed by atoms with Crippen LogP contribution >= 0.6 is 0 Å². The molecule has 0 saturated carbocycles. The fourth-order valence-electron chi connectivity index (χ4n) is 2.81. The summed E-state index contributed by atoms with van der Waals surface area (Å²) in [5, 5.41) is 29.1. The zero-order valence-corrected chi connectivity index (χ0v) is 8.42. The van der Waals surface area contributed by atoms with Crippen LogP contribution in [0.1, 0.15) is 24.7 Å². The van der Waals surface area contributed by atoms with Gasteiger partial charge in [-0.05, 0) is 12.8 Å². The van der Waals surface area contributed by atoms with Crippen LogP contribution in [-0.2, 0) is 12.0 Å². The molecule has 2 heterocycles. The Morgan fingerprint density at radius 1 is 1.53 bits per heavy atom. The molecular formula is C9H13N3O3. The number of hydrogen-bond acceptors (Lipinski definition) is 6. The lowest BCUT2D eigenvalue weighted by Crippen LogP contribution is -2.47. The monoisotopic (exact) mass is 211 g/mol. The Bertz CT molecular complexity index is 394. The van der Waals surface area contributed by atoms with E-state index in [1.54, 1.807) is 0 Å². The van der Waals surface area contributed by atoms with Gasteiger partial charge in [-0.2, -0.15) is 5.06 Å². The molecule has 2 aliphatic rings. The van der Waals surface area contributed by atoms with Gasteiger partial charge in [0.2, 0.25) is 0 Å². The van der Waals surface area contributed by atoms with Crippen molar-refractivity contribution in [3.8, 4) is 0 Å². The third kappa shape index (κ3) is 0.987. The highest BCUT2D eigenvalue weighted by atomic mass is 16.6. The van der Waals surface area contributed by atoms with Crippen molar-refractivity contribution in [3.05, 3.63) is 11.4 Å². The second kappa shape index (κ2) is 2.78. The predicted octanol–water partition coefficient (Wildman–Crippen LogP) is -0.0871. The molecule has 0 aromatic carbocycles. The van der Waals surface area contributed by atoms with Crippen molar-refractivity contribution in [3.63, 3.8) is 0 Å². The molecule has 6 nitrogen and oxygen atoms in total. The minimum atomic E-state index is -1.11. The number of nitrogens with zero attached hydrogens (tertiary/aromatic N) is 3. The van der Waals surface area contributed by atoms with Crippen molar-refractivity contribution >= 4 is 0 Å². The average molecular weight is 211 g/mol. The van der Waals surface area contributed by atoms with E-state index < -0.39 is 5.60 Å². The number of hydrogen-bond donors (Lipinski definition) is 2. The molecule has 3 atom stereocenters. The van der Waals surface area contributed by atoms with Gasteiger partial charge < -0.3 is 10.3 Å². The predicted molar refractivity (Wildman–Crippen MR) is 48.0 cm³/mol. The molecule has 6 heteroatoms. The highest BCUT2D eigenvalue weighted by Crippen LogP contribution is 2.46. The van der Waals surface area contributed by atoms with Crippen molar-refractivity contribution in [1.29, 1.82) is 0 Å². The van der Waals surface area contributed by atoms with Crippen LogP contribution in [0.3, 0.4) is 0 Å². The van der Waals surface area contributed by atoms with Crippen LogP contribution in [0.2, 0.25) is 0 Å². The quantitative estimate of drug-likeness (QED) is 0.624. The van der Waals surface area contributed by atoms with Crippen molar-refractivity contribution < 1.29 is 14.9 Å². The molecule has 0 amide bonds. The van der Waals surface area contributed by atoms with Crippen LogP contribution in [-0.4, -0.2) is 38.3 Å². The van der Waals surface area contributed by atoms with E-state index in [0.29, 0.717) is 25.1 Å². The van der Waals surface area contributed by atoms with Crippen molar-refractivity contribution in [1.82, 2.24) is 15.4 Å². The molecule has 1 fully saturated rings. The molecule has 1 aromatic heterocycles. The second-order valence-corrected chi connectivity index (χ2v) is 4.46. The maximum Gasteiger partial charge on any atom is 0.141 e. The summed E-state index contributed by atoms with van der Waals surface area (Å²) >= 11 is 0. The number of aliphatic hydroxyl groups is 1. The highest BCUT2D eigenvalue weighted by molar-refractivity contribution is 5.27. The Kier molecular flexibility index (Phi) is 1.72. The number of hydroxylamine groups is 2. The molecule has 1 saturated heterocycles. The first-order valence-corrected chi connectivity index (χ1v) is 5.14. The van der Waals surface area contributed by atoms with Gasteiger partial charge in [-0.15, -0.1) is 0 Å². The maximum absolute atomic E-state index is 10.6. The lowest BCUT2D eigenvalue weighted by molar-refractivity contribution is -0.145. The lowest BCUT2D eigenvalue weighted by Gasteiger charge is -2.35. The Labute approximate surface area is 86.4 Å². The zero-order valence-electron chi connectivity index (χ0n) is 8.42. The van der Waals surface area contributed by atoms with E-state index in [2.05, 4.69) is 14.9 Å². The van der Waals surface area contributed by atoms with Gasteiger partial charge in [-0.1, -0.05) is 17.2 Å². The van der Waals surface area contributed by atoms with E-state index in [1.165, 1.54) is 5.06 Å². The summed E-state index contributed by atoms with van der Waals surface area (Å²) in [6, 6.07) is -0.285. The van der Waals surface area contributed by atoms with Crippen LogP contribution in [0.4, 0.5) is 0 Å². The van der Waals surface area contributed by atoms with Gasteiger partial charge in [-0.25, -0.2) is 4.63 Å². The molecule has 0 spiro atoms. The minimum absolute atomic E-state index is 0.0709. The second-order valence-electron chi connectivity index (χ2n) is 4.46. The summed E-state index contributed by atoms with van der Waals surface area (Å²) in [4.78, 5) is 0. The summed E-state index contributed by atoms with van der Waals surface area (Å²) in [6.07, 6.45) is 1.37. The molecule has 0 bridgehead atoms. The maximum atomic E-state index is 10.6. The first-order chi connectivity index (χ1) is 7.14. The van der Waals surface area contributed by atoms with Gasteiger partial charge in [0.25, 0.3) is 0 Å². The summed E-state index contributed by atoms with van der Waals surface area (Å²) in [7, 11) is 0. The van der Waals surface area contributed by atoms with E-state index >= 15 is 0 Å². The first-order valence-electron chi connectivity index (χ1n) is 5.14. The smallest absolute Gasteiger partial charge is 0.141 e. The Balaban J connectivity index is 2.14. The van der Waals surface area contributed by atoms with Gasteiger partial charge >= 0.3 is 0 Å². The van der Waals surface area contributed by atoms with Gasteiger partial charge in [0.15, 0.2) is 0 Å². The Morgan fingerprint density at radius 3 is 3.13 bits per heavy atom. The van der Waals surface area contributed by atoms with Crippen LogP contribution in [0.15, 0.2) is 4.63 Å². The van der Waals surface area contributed by atoms with Crippen LogP contribution in [0, 0.1) is 5.92 Å². The van der Waals surface area contributed by atoms with E-state index in [4.69, 9.17) is 0 Å². The molecule has 0 radical (unpaired) electrons. The van der Waals surface area contributed by atoms with E-state index in [1.807, 2.05) is 6.92 Å². The summed E-state index contributed by atoms with van der Waals surface area (Å²) < 4.78 is 4.66.